The van der Waals surface area contributed by atoms with Crippen molar-refractivity contribution >= 4 is 20.2 Å². The van der Waals surface area contributed by atoms with Crippen molar-refractivity contribution in [2.45, 2.75) is 57.8 Å². The summed E-state index contributed by atoms with van der Waals surface area (Å²) in [5, 5.41) is 0. The molecule has 0 unspecified atom stereocenters. The van der Waals surface area contributed by atoms with E-state index in [2.05, 4.69) is 0 Å². The van der Waals surface area contributed by atoms with E-state index in [1.54, 1.807) is 0 Å². The zero-order valence-electron chi connectivity index (χ0n) is 13.0. The molecule has 0 saturated heterocycles. The molecule has 116 valence electrons. The summed E-state index contributed by atoms with van der Waals surface area (Å²) >= 11 is 0. The van der Waals surface area contributed by atoms with Gasteiger partial charge in [-0.25, -0.2) is 16.8 Å². The Morgan fingerprint density at radius 3 is 0.857 bits per heavy atom. The first-order valence-corrected chi connectivity index (χ1v) is 9.73. The largest absolute Gasteiger partial charge is 1.00 e. The zero-order valence-corrected chi connectivity index (χ0v) is 18.7. The fraction of sp³-hybridized carbons (Fsp3) is 1.00. The van der Waals surface area contributed by atoms with Gasteiger partial charge in [-0.15, -0.1) is 0 Å². The topological polar surface area (TPSA) is 114 Å². The van der Waals surface area contributed by atoms with Crippen LogP contribution in [0.15, 0.2) is 0 Å². The molecule has 0 spiro atoms. The van der Waals surface area contributed by atoms with Crippen LogP contribution in [0.1, 0.15) is 57.8 Å². The van der Waals surface area contributed by atoms with Crippen molar-refractivity contribution in [3.8, 4) is 0 Å². The summed E-state index contributed by atoms with van der Waals surface area (Å²) in [4.78, 5) is 0. The van der Waals surface area contributed by atoms with E-state index in [0.29, 0.717) is 12.8 Å². The Kier molecular flexibility index (Phi) is 20.2. The predicted octanol–water partition coefficient (Wildman–Crippen LogP) is -4.40. The van der Waals surface area contributed by atoms with Crippen molar-refractivity contribution in [1.29, 1.82) is 0 Å². The van der Waals surface area contributed by atoms with Crippen molar-refractivity contribution in [3.05, 3.63) is 0 Å². The molecule has 0 aromatic heterocycles. The van der Waals surface area contributed by atoms with Crippen LogP contribution >= 0.6 is 0 Å². The Morgan fingerprint density at radius 1 is 0.476 bits per heavy atom. The Balaban J connectivity index is -0.00000162. The molecule has 10 heteroatoms. The molecular weight excluding hydrogens is 338 g/mol. The van der Waals surface area contributed by atoms with Crippen LogP contribution in [0.3, 0.4) is 0 Å². The monoisotopic (exact) mass is 360 g/mol. The normalized spacial score (nSPS) is 11.5. The molecule has 0 rings (SSSR count). The first-order valence-electron chi connectivity index (χ1n) is 6.58. The molecule has 0 aliphatic heterocycles. The minimum Gasteiger partial charge on any atom is -0.748 e. The van der Waals surface area contributed by atoms with E-state index < -0.39 is 20.2 Å². The van der Waals surface area contributed by atoms with E-state index in [-0.39, 0.29) is 70.6 Å². The van der Waals surface area contributed by atoms with Crippen LogP contribution in [0.5, 0.6) is 0 Å². The van der Waals surface area contributed by atoms with E-state index in [0.717, 1.165) is 44.9 Å². The summed E-state index contributed by atoms with van der Waals surface area (Å²) in [6.45, 7) is 0. The van der Waals surface area contributed by atoms with Gasteiger partial charge in [-0.05, 0) is 12.8 Å². The molecule has 0 fully saturated rings. The Bertz CT molecular complexity index is 382. The maximum atomic E-state index is 10.3. The van der Waals surface area contributed by atoms with Gasteiger partial charge in [-0.1, -0.05) is 44.9 Å². The van der Waals surface area contributed by atoms with Crippen molar-refractivity contribution in [3.63, 3.8) is 0 Å². The molecule has 6 nitrogen and oxygen atoms in total. The summed E-state index contributed by atoms with van der Waals surface area (Å²) in [6, 6.07) is 0. The molecule has 0 aromatic rings. The van der Waals surface area contributed by atoms with Crippen molar-refractivity contribution in [2.75, 3.05) is 11.5 Å². The van der Waals surface area contributed by atoms with Gasteiger partial charge in [0.25, 0.3) is 0 Å². The molecule has 0 aromatic carbocycles. The minimum absolute atomic E-state index is 0. The van der Waals surface area contributed by atoms with Crippen LogP contribution in [0, 0.1) is 0 Å². The summed E-state index contributed by atoms with van der Waals surface area (Å²) in [6.07, 6.45) is 7.13. The molecular formula is C11H22Na2O6S2. The van der Waals surface area contributed by atoms with Gasteiger partial charge >= 0.3 is 59.1 Å². The van der Waals surface area contributed by atoms with E-state index in [4.69, 9.17) is 0 Å². The summed E-state index contributed by atoms with van der Waals surface area (Å²) in [7, 11) is -8.14. The minimum atomic E-state index is -4.07. The molecule has 0 aliphatic rings. The van der Waals surface area contributed by atoms with Gasteiger partial charge in [0.1, 0.15) is 0 Å². The number of hydrogen-bond donors (Lipinski definition) is 0. The van der Waals surface area contributed by atoms with Crippen LogP contribution in [0.2, 0.25) is 0 Å². The number of unbranched alkanes of at least 4 members (excludes halogenated alkanes) is 8. The molecule has 0 saturated carbocycles. The molecule has 0 aliphatic carbocycles. The van der Waals surface area contributed by atoms with Gasteiger partial charge in [-0.3, -0.25) is 0 Å². The Labute approximate surface area is 172 Å². The molecule has 0 bridgehead atoms. The van der Waals surface area contributed by atoms with Crippen LogP contribution in [-0.2, 0) is 20.2 Å². The van der Waals surface area contributed by atoms with E-state index in [9.17, 15) is 25.9 Å². The van der Waals surface area contributed by atoms with Gasteiger partial charge in [0.05, 0.1) is 20.2 Å². The molecule has 21 heavy (non-hydrogen) atoms. The van der Waals surface area contributed by atoms with Gasteiger partial charge in [-0.2, -0.15) is 0 Å². The average molecular weight is 360 g/mol. The third-order valence-electron chi connectivity index (χ3n) is 2.79. The standard InChI is InChI=1S/C11H24O6S2.2Na/c12-18(13,14)10-8-6-4-2-1-3-5-7-9-11-19(15,16)17;;/h1-11H2,(H,12,13,14)(H,15,16,17);;/q;2*+1/p-2. The maximum Gasteiger partial charge on any atom is 1.00 e. The third-order valence-corrected chi connectivity index (χ3v) is 4.37. The molecule has 0 amide bonds. The van der Waals surface area contributed by atoms with Crippen LogP contribution in [0.25, 0.3) is 0 Å². The summed E-state index contributed by atoms with van der Waals surface area (Å²) in [5.74, 6) is -0.562. The SMILES string of the molecule is O=S(=O)([O-])CCCCCCCCCCCS(=O)(=O)[O-].[Na+].[Na+]. The second kappa shape index (κ2) is 15.4. The number of rotatable bonds is 12. The second-order valence-electron chi connectivity index (χ2n) is 4.71. The Hall–Kier alpha value is 1.82. The Morgan fingerprint density at radius 2 is 0.667 bits per heavy atom. The van der Waals surface area contributed by atoms with Gasteiger partial charge in [0.15, 0.2) is 0 Å². The summed E-state index contributed by atoms with van der Waals surface area (Å²) in [5.41, 5.74) is 0. The smallest absolute Gasteiger partial charge is 0.748 e. The quantitative estimate of drug-likeness (QED) is 0.197. The number of hydrogen-bond acceptors (Lipinski definition) is 6. The van der Waals surface area contributed by atoms with E-state index >= 15 is 0 Å². The van der Waals surface area contributed by atoms with E-state index in [1.807, 2.05) is 0 Å². The first kappa shape index (κ1) is 27.7. The van der Waals surface area contributed by atoms with Crippen molar-refractivity contribution < 1.29 is 85.1 Å². The van der Waals surface area contributed by atoms with Crippen LogP contribution in [-0.4, -0.2) is 37.4 Å². The average Bonchev–Trinajstić information content (AvgIpc) is 2.22. The van der Waals surface area contributed by atoms with E-state index in [1.165, 1.54) is 0 Å². The molecule has 0 atom stereocenters. The molecule has 0 N–H and O–H groups in total. The van der Waals surface area contributed by atoms with Gasteiger partial charge in [0, 0.05) is 11.5 Å². The predicted molar refractivity (Wildman–Crippen MR) is 70.7 cm³/mol. The van der Waals surface area contributed by atoms with Crippen molar-refractivity contribution in [1.82, 2.24) is 0 Å². The van der Waals surface area contributed by atoms with Crippen LogP contribution < -0.4 is 59.1 Å². The first-order chi connectivity index (χ1) is 8.71. The third kappa shape index (κ3) is 27.0. The second-order valence-corrected chi connectivity index (χ2v) is 7.75. The van der Waals surface area contributed by atoms with Gasteiger partial charge < -0.3 is 9.11 Å². The molecule has 0 heterocycles. The molecule has 0 radical (unpaired) electrons. The summed E-state index contributed by atoms with van der Waals surface area (Å²) < 4.78 is 61.9. The zero-order chi connectivity index (χ0) is 14.8. The van der Waals surface area contributed by atoms with Crippen LogP contribution in [0.4, 0.5) is 0 Å². The van der Waals surface area contributed by atoms with Gasteiger partial charge in [0.2, 0.25) is 0 Å². The fourth-order valence-electron chi connectivity index (χ4n) is 1.80. The fourth-order valence-corrected chi connectivity index (χ4v) is 2.91. The van der Waals surface area contributed by atoms with Crippen molar-refractivity contribution in [2.24, 2.45) is 0 Å². The maximum absolute atomic E-state index is 10.3.